The van der Waals surface area contributed by atoms with Crippen LogP contribution < -0.4 is 15.5 Å². The second-order valence-corrected chi connectivity index (χ2v) is 10.7. The van der Waals surface area contributed by atoms with E-state index in [1.807, 2.05) is 72.8 Å². The van der Waals surface area contributed by atoms with Crippen LogP contribution in [0.15, 0.2) is 102 Å². The van der Waals surface area contributed by atoms with Gasteiger partial charge in [0.15, 0.2) is 17.3 Å². The number of pyridine rings is 3. The van der Waals surface area contributed by atoms with Crippen LogP contribution in [0.4, 0.5) is 10.1 Å². The van der Waals surface area contributed by atoms with Crippen LogP contribution in [0.3, 0.4) is 0 Å². The normalized spacial score (nSPS) is 11.7. The summed E-state index contributed by atoms with van der Waals surface area (Å²) >= 11 is 0. The minimum absolute atomic E-state index is 0.0528. The van der Waals surface area contributed by atoms with Gasteiger partial charge in [0.05, 0.1) is 11.1 Å². The molecule has 4 heterocycles. The standard InChI is InChI=1S/C35H28FN5O3/c1-40(19-15-24-10-5-7-17-38-24)35(43)27-21-41-31-25-11-3-2-8-22(25)12-13-29(31)44-34-30(28(36)20-26(32(34)41)33(27)42)39-18-14-23-9-4-6-16-37-23/h2-13,16-17,20-21,39H,14-15,18-19H2,1H3. The number of rotatable bonds is 8. The predicted octanol–water partition coefficient (Wildman–Crippen LogP) is 6.15. The number of aromatic nitrogens is 3. The smallest absolute Gasteiger partial charge is 0.259 e. The lowest BCUT2D eigenvalue weighted by atomic mass is 10.0. The van der Waals surface area contributed by atoms with Crippen molar-refractivity contribution in [3.8, 4) is 17.2 Å². The first kappa shape index (κ1) is 27.3. The van der Waals surface area contributed by atoms with E-state index < -0.39 is 17.2 Å². The molecule has 218 valence electrons. The minimum atomic E-state index is -0.644. The highest BCUT2D eigenvalue weighted by Gasteiger charge is 2.30. The maximum absolute atomic E-state index is 15.8. The molecule has 8 nitrogen and oxygen atoms in total. The Balaban J connectivity index is 1.35. The Bertz CT molecular complexity index is 2100. The molecule has 6 aromatic rings. The van der Waals surface area contributed by atoms with E-state index in [9.17, 15) is 9.59 Å². The molecule has 0 fully saturated rings. The fraction of sp³-hybridized carbons (Fsp3) is 0.143. The van der Waals surface area contributed by atoms with Gasteiger partial charge < -0.3 is 19.5 Å². The van der Waals surface area contributed by atoms with Crippen LogP contribution in [0, 0.1) is 5.82 Å². The first-order valence-corrected chi connectivity index (χ1v) is 14.4. The van der Waals surface area contributed by atoms with Crippen molar-refractivity contribution in [2.75, 3.05) is 25.5 Å². The van der Waals surface area contributed by atoms with Gasteiger partial charge in [-0.3, -0.25) is 19.6 Å². The SMILES string of the molecule is CN(CCc1ccccn1)C(=O)c1cn2c3c(c(NCCc4ccccn4)c(F)cc3c1=O)Oc1ccc3ccccc3c1-2. The lowest BCUT2D eigenvalue weighted by Crippen LogP contribution is -2.33. The molecule has 0 saturated heterocycles. The van der Waals surface area contributed by atoms with Gasteiger partial charge in [-0.25, -0.2) is 4.39 Å². The van der Waals surface area contributed by atoms with Crippen molar-refractivity contribution in [3.63, 3.8) is 0 Å². The number of nitrogens with zero attached hydrogens (tertiary/aromatic N) is 4. The van der Waals surface area contributed by atoms with E-state index in [1.54, 1.807) is 30.2 Å². The first-order chi connectivity index (χ1) is 21.5. The fourth-order valence-electron chi connectivity index (χ4n) is 5.69. The number of fused-ring (bicyclic) bond motifs is 4. The molecule has 0 bridgehead atoms. The molecular formula is C35H28FN5O3. The summed E-state index contributed by atoms with van der Waals surface area (Å²) in [6, 6.07) is 24.0. The van der Waals surface area contributed by atoms with Crippen molar-refractivity contribution in [2.45, 2.75) is 12.8 Å². The number of halogens is 1. The highest BCUT2D eigenvalue weighted by Crippen LogP contribution is 2.47. The van der Waals surface area contributed by atoms with Gasteiger partial charge in [0, 0.05) is 68.3 Å². The largest absolute Gasteiger partial charge is 0.451 e. The molecule has 0 unspecified atom stereocenters. The molecule has 0 aliphatic carbocycles. The fourth-order valence-corrected chi connectivity index (χ4v) is 5.69. The summed E-state index contributed by atoms with van der Waals surface area (Å²) in [4.78, 5) is 37.8. The number of carbonyl (C=O) groups is 1. The van der Waals surface area contributed by atoms with Crippen LogP contribution in [-0.4, -0.2) is 45.5 Å². The van der Waals surface area contributed by atoms with Gasteiger partial charge >= 0.3 is 0 Å². The number of benzene rings is 3. The van der Waals surface area contributed by atoms with E-state index >= 15 is 4.39 Å². The molecule has 44 heavy (non-hydrogen) atoms. The number of nitrogens with one attached hydrogen (secondary N) is 1. The maximum Gasteiger partial charge on any atom is 0.259 e. The minimum Gasteiger partial charge on any atom is -0.451 e. The van der Waals surface area contributed by atoms with E-state index in [0.29, 0.717) is 42.9 Å². The van der Waals surface area contributed by atoms with Crippen molar-refractivity contribution in [1.82, 2.24) is 19.4 Å². The summed E-state index contributed by atoms with van der Waals surface area (Å²) in [6.07, 6.45) is 6.07. The molecule has 0 spiro atoms. The third-order valence-corrected chi connectivity index (χ3v) is 7.93. The molecule has 0 saturated carbocycles. The molecule has 1 aliphatic rings. The predicted molar refractivity (Wildman–Crippen MR) is 168 cm³/mol. The van der Waals surface area contributed by atoms with Gasteiger partial charge in [0.1, 0.15) is 16.8 Å². The Labute approximate surface area is 252 Å². The monoisotopic (exact) mass is 585 g/mol. The molecule has 3 aromatic carbocycles. The van der Waals surface area contributed by atoms with Crippen molar-refractivity contribution < 1.29 is 13.9 Å². The summed E-state index contributed by atoms with van der Waals surface area (Å²) in [5.41, 5.74) is 2.31. The van der Waals surface area contributed by atoms with Crippen LogP contribution >= 0.6 is 0 Å². The van der Waals surface area contributed by atoms with E-state index in [1.165, 1.54) is 11.0 Å². The lowest BCUT2D eigenvalue weighted by Gasteiger charge is -2.27. The highest BCUT2D eigenvalue weighted by atomic mass is 19.1. The Morgan fingerprint density at radius 3 is 2.41 bits per heavy atom. The van der Waals surface area contributed by atoms with Gasteiger partial charge in [-0.1, -0.05) is 42.5 Å². The van der Waals surface area contributed by atoms with E-state index in [4.69, 9.17) is 4.74 Å². The van der Waals surface area contributed by atoms with Gasteiger partial charge in [-0.15, -0.1) is 0 Å². The van der Waals surface area contributed by atoms with E-state index in [0.717, 1.165) is 22.2 Å². The number of anilines is 1. The van der Waals surface area contributed by atoms with Crippen molar-refractivity contribution in [2.24, 2.45) is 0 Å². The zero-order valence-corrected chi connectivity index (χ0v) is 24.0. The Morgan fingerprint density at radius 1 is 0.932 bits per heavy atom. The van der Waals surface area contributed by atoms with E-state index in [-0.39, 0.29) is 22.4 Å². The summed E-state index contributed by atoms with van der Waals surface area (Å²) < 4.78 is 24.0. The molecule has 3 aromatic heterocycles. The topological polar surface area (TPSA) is 89.4 Å². The molecular weight excluding hydrogens is 557 g/mol. The molecule has 9 heteroatoms. The molecule has 1 N–H and O–H groups in total. The first-order valence-electron chi connectivity index (χ1n) is 14.4. The van der Waals surface area contributed by atoms with Crippen LogP contribution in [0.5, 0.6) is 11.5 Å². The number of ether oxygens (including phenoxy) is 1. The second kappa shape index (κ2) is 11.3. The number of hydrogen-bond donors (Lipinski definition) is 1. The lowest BCUT2D eigenvalue weighted by molar-refractivity contribution is 0.0794. The third-order valence-electron chi connectivity index (χ3n) is 7.93. The number of amides is 1. The summed E-state index contributed by atoms with van der Waals surface area (Å²) in [5, 5.41) is 5.07. The number of hydrogen-bond acceptors (Lipinski definition) is 6. The van der Waals surface area contributed by atoms with Crippen molar-refractivity contribution >= 4 is 33.3 Å². The van der Waals surface area contributed by atoms with Gasteiger partial charge in [0.2, 0.25) is 5.43 Å². The number of carbonyl (C=O) groups excluding carboxylic acids is 1. The number of likely N-dealkylation sites (N-methyl/N-ethyl adjacent to an activating group) is 1. The molecule has 1 aliphatic heterocycles. The molecule has 0 radical (unpaired) electrons. The summed E-state index contributed by atoms with van der Waals surface area (Å²) in [7, 11) is 1.65. The molecule has 1 amide bonds. The average Bonchev–Trinajstić information content (AvgIpc) is 3.06. The Morgan fingerprint density at radius 2 is 1.66 bits per heavy atom. The van der Waals surface area contributed by atoms with Crippen LogP contribution in [0.25, 0.3) is 27.4 Å². The van der Waals surface area contributed by atoms with Gasteiger partial charge in [0.25, 0.3) is 5.91 Å². The quantitative estimate of drug-likeness (QED) is 0.230. The van der Waals surface area contributed by atoms with Crippen molar-refractivity contribution in [3.05, 3.63) is 130 Å². The zero-order valence-electron chi connectivity index (χ0n) is 24.0. The van der Waals surface area contributed by atoms with Crippen LogP contribution in [0.1, 0.15) is 21.7 Å². The zero-order chi connectivity index (χ0) is 30.2. The van der Waals surface area contributed by atoms with Crippen LogP contribution in [-0.2, 0) is 12.8 Å². The molecule has 0 atom stereocenters. The molecule has 7 rings (SSSR count). The highest BCUT2D eigenvalue weighted by molar-refractivity contribution is 6.04. The summed E-state index contributed by atoms with van der Waals surface area (Å²) in [6.45, 7) is 0.747. The third kappa shape index (κ3) is 4.82. The average molecular weight is 586 g/mol. The maximum atomic E-state index is 15.8. The van der Waals surface area contributed by atoms with Crippen molar-refractivity contribution in [1.29, 1.82) is 0 Å². The Kier molecular flexibility index (Phi) is 6.98. The summed E-state index contributed by atoms with van der Waals surface area (Å²) in [5.74, 6) is -0.413. The van der Waals surface area contributed by atoms with Crippen LogP contribution in [0.2, 0.25) is 0 Å². The van der Waals surface area contributed by atoms with E-state index in [2.05, 4.69) is 15.3 Å². The van der Waals surface area contributed by atoms with Gasteiger partial charge in [-0.05, 0) is 41.8 Å². The Hall–Kier alpha value is -5.57. The second-order valence-electron chi connectivity index (χ2n) is 10.7. The van der Waals surface area contributed by atoms with Gasteiger partial charge in [-0.2, -0.15) is 0 Å².